The minimum atomic E-state index is -0.0256. The Bertz CT molecular complexity index is 759. The van der Waals surface area contributed by atoms with Gasteiger partial charge in [0.05, 0.1) is 25.4 Å². The number of carbonyl (C=O) groups is 1. The fourth-order valence-corrected chi connectivity index (χ4v) is 4.71. The van der Waals surface area contributed by atoms with Crippen molar-refractivity contribution in [3.8, 4) is 0 Å². The van der Waals surface area contributed by atoms with Crippen LogP contribution in [0.5, 0.6) is 0 Å². The van der Waals surface area contributed by atoms with E-state index in [1.807, 2.05) is 29.2 Å². The van der Waals surface area contributed by atoms with Gasteiger partial charge in [-0.2, -0.15) is 11.3 Å². The van der Waals surface area contributed by atoms with E-state index in [1.54, 1.807) is 11.3 Å². The van der Waals surface area contributed by atoms with E-state index in [1.165, 1.54) is 12.0 Å². The van der Waals surface area contributed by atoms with Crippen LogP contribution in [-0.4, -0.2) is 36.8 Å². The molecular weight excluding hydrogens is 372 g/mol. The quantitative estimate of drug-likeness (QED) is 0.725. The molecule has 2 atom stereocenters. The smallest absolute Gasteiger partial charge is 0.322 e. The highest BCUT2D eigenvalue weighted by molar-refractivity contribution is 7.08. The molecule has 6 heteroatoms. The first-order chi connectivity index (χ1) is 13.8. The van der Waals surface area contributed by atoms with Crippen molar-refractivity contribution in [1.82, 2.24) is 4.90 Å². The van der Waals surface area contributed by atoms with Crippen molar-refractivity contribution < 1.29 is 14.3 Å². The molecule has 1 aromatic carbocycles. The third-order valence-electron chi connectivity index (χ3n) is 5.47. The van der Waals surface area contributed by atoms with Crippen LogP contribution in [0.15, 0.2) is 41.1 Å². The van der Waals surface area contributed by atoms with Crippen LogP contribution in [0, 0.1) is 0 Å². The van der Waals surface area contributed by atoms with Crippen LogP contribution in [0.3, 0.4) is 0 Å². The Morgan fingerprint density at radius 3 is 3.04 bits per heavy atom. The van der Waals surface area contributed by atoms with E-state index < -0.39 is 0 Å². The van der Waals surface area contributed by atoms with Gasteiger partial charge in [0.25, 0.3) is 0 Å². The SMILES string of the molecule is O=C(Nc1cccc(COC[C@H]2CCCCO2)c1)N1CCC[C@@H]1c1ccsc1. The van der Waals surface area contributed by atoms with E-state index >= 15 is 0 Å². The molecule has 3 heterocycles. The Morgan fingerprint density at radius 2 is 2.21 bits per heavy atom. The molecule has 150 valence electrons. The summed E-state index contributed by atoms with van der Waals surface area (Å²) in [6, 6.07) is 10.2. The van der Waals surface area contributed by atoms with Gasteiger partial charge in [-0.3, -0.25) is 0 Å². The number of urea groups is 1. The van der Waals surface area contributed by atoms with Crippen molar-refractivity contribution in [3.63, 3.8) is 0 Å². The predicted molar refractivity (Wildman–Crippen MR) is 112 cm³/mol. The fourth-order valence-electron chi connectivity index (χ4n) is 4.00. The summed E-state index contributed by atoms with van der Waals surface area (Å²) in [6.07, 6.45) is 5.76. The van der Waals surface area contributed by atoms with Gasteiger partial charge < -0.3 is 19.7 Å². The number of hydrogen-bond donors (Lipinski definition) is 1. The Morgan fingerprint density at radius 1 is 1.25 bits per heavy atom. The Labute approximate surface area is 170 Å². The Balaban J connectivity index is 1.30. The van der Waals surface area contributed by atoms with Crippen molar-refractivity contribution in [3.05, 3.63) is 52.2 Å². The molecule has 2 saturated heterocycles. The molecule has 0 saturated carbocycles. The minimum absolute atomic E-state index is 0.0256. The van der Waals surface area contributed by atoms with Crippen molar-refractivity contribution in [1.29, 1.82) is 0 Å². The maximum Gasteiger partial charge on any atom is 0.322 e. The molecule has 2 fully saturated rings. The number of hydrogen-bond acceptors (Lipinski definition) is 4. The number of ether oxygens (including phenoxy) is 2. The van der Waals surface area contributed by atoms with Crippen LogP contribution in [0.1, 0.15) is 49.3 Å². The maximum absolute atomic E-state index is 12.8. The van der Waals surface area contributed by atoms with E-state index in [9.17, 15) is 4.79 Å². The standard InChI is InChI=1S/C22H28N2O3S/c25-22(24-10-4-8-21(24)18-9-12-28-16-18)23-19-6-3-5-17(13-19)14-26-15-20-7-1-2-11-27-20/h3,5-6,9,12-13,16,20-21H,1-2,4,7-8,10-11,14-15H2,(H,23,25)/t20-,21-/m1/s1. The highest BCUT2D eigenvalue weighted by Gasteiger charge is 2.30. The lowest BCUT2D eigenvalue weighted by molar-refractivity contribution is -0.0447. The fraction of sp³-hybridized carbons (Fsp3) is 0.500. The lowest BCUT2D eigenvalue weighted by atomic mass is 10.1. The first kappa shape index (κ1) is 19.4. The van der Waals surface area contributed by atoms with E-state index in [2.05, 4.69) is 22.1 Å². The molecule has 0 spiro atoms. The summed E-state index contributed by atoms with van der Waals surface area (Å²) in [6.45, 7) is 2.81. The molecule has 4 rings (SSSR count). The van der Waals surface area contributed by atoms with Gasteiger partial charge >= 0.3 is 6.03 Å². The number of benzene rings is 1. The Kier molecular flexibility index (Phi) is 6.62. The number of rotatable bonds is 6. The second-order valence-electron chi connectivity index (χ2n) is 7.54. The summed E-state index contributed by atoms with van der Waals surface area (Å²) in [7, 11) is 0. The lowest BCUT2D eigenvalue weighted by Gasteiger charge is -2.24. The molecular formula is C22H28N2O3S. The molecule has 5 nitrogen and oxygen atoms in total. The van der Waals surface area contributed by atoms with Crippen LogP contribution in [0.2, 0.25) is 0 Å². The van der Waals surface area contributed by atoms with E-state index in [4.69, 9.17) is 9.47 Å². The second-order valence-corrected chi connectivity index (χ2v) is 8.32. The number of nitrogens with one attached hydrogen (secondary N) is 1. The summed E-state index contributed by atoms with van der Waals surface area (Å²) in [5.74, 6) is 0. The molecule has 0 bridgehead atoms. The zero-order valence-electron chi connectivity index (χ0n) is 16.1. The first-order valence-corrected chi connectivity index (χ1v) is 11.1. The molecule has 2 aliphatic rings. The third-order valence-corrected chi connectivity index (χ3v) is 6.17. The van der Waals surface area contributed by atoms with Gasteiger partial charge in [-0.05, 0) is 72.2 Å². The first-order valence-electron chi connectivity index (χ1n) is 10.2. The highest BCUT2D eigenvalue weighted by Crippen LogP contribution is 2.33. The van der Waals surface area contributed by atoms with Crippen LogP contribution >= 0.6 is 11.3 Å². The number of carbonyl (C=O) groups excluding carboxylic acids is 1. The average Bonchev–Trinajstić information content (AvgIpc) is 3.41. The number of thiophene rings is 1. The molecule has 1 aromatic heterocycles. The van der Waals surface area contributed by atoms with Gasteiger partial charge in [0, 0.05) is 18.8 Å². The molecule has 0 unspecified atom stereocenters. The summed E-state index contributed by atoms with van der Waals surface area (Å²) < 4.78 is 11.5. The molecule has 1 N–H and O–H groups in total. The Hall–Kier alpha value is -1.89. The molecule has 0 radical (unpaired) electrons. The van der Waals surface area contributed by atoms with Gasteiger partial charge in [-0.15, -0.1) is 0 Å². The van der Waals surface area contributed by atoms with Crippen molar-refractivity contribution in [2.24, 2.45) is 0 Å². The number of amides is 2. The third kappa shape index (κ3) is 4.93. The molecule has 0 aliphatic carbocycles. The van der Waals surface area contributed by atoms with Gasteiger partial charge in [0.15, 0.2) is 0 Å². The van der Waals surface area contributed by atoms with Gasteiger partial charge in [0.1, 0.15) is 0 Å². The topological polar surface area (TPSA) is 50.8 Å². The van der Waals surface area contributed by atoms with Crippen LogP contribution in [-0.2, 0) is 16.1 Å². The number of anilines is 1. The highest BCUT2D eigenvalue weighted by atomic mass is 32.1. The largest absolute Gasteiger partial charge is 0.376 e. The second kappa shape index (κ2) is 9.54. The molecule has 28 heavy (non-hydrogen) atoms. The van der Waals surface area contributed by atoms with Crippen molar-refractivity contribution in [2.45, 2.75) is 50.9 Å². The van der Waals surface area contributed by atoms with Gasteiger partial charge in [-0.25, -0.2) is 4.79 Å². The minimum Gasteiger partial charge on any atom is -0.376 e. The summed E-state index contributed by atoms with van der Waals surface area (Å²) in [4.78, 5) is 14.8. The molecule has 2 aromatic rings. The summed E-state index contributed by atoms with van der Waals surface area (Å²) >= 11 is 1.68. The lowest BCUT2D eigenvalue weighted by Crippen LogP contribution is -2.34. The zero-order valence-corrected chi connectivity index (χ0v) is 17.0. The predicted octanol–water partition coefficient (Wildman–Crippen LogP) is 5.20. The molecule has 2 aliphatic heterocycles. The van der Waals surface area contributed by atoms with Crippen LogP contribution < -0.4 is 5.32 Å². The molecule has 2 amide bonds. The number of nitrogens with zero attached hydrogens (tertiary/aromatic N) is 1. The van der Waals surface area contributed by atoms with Crippen molar-refractivity contribution >= 4 is 23.1 Å². The van der Waals surface area contributed by atoms with Crippen LogP contribution in [0.25, 0.3) is 0 Å². The van der Waals surface area contributed by atoms with E-state index in [0.29, 0.717) is 13.2 Å². The van der Waals surface area contributed by atoms with E-state index in [-0.39, 0.29) is 18.2 Å². The van der Waals surface area contributed by atoms with E-state index in [0.717, 1.165) is 50.1 Å². The van der Waals surface area contributed by atoms with Gasteiger partial charge in [-0.1, -0.05) is 12.1 Å². The normalized spacial score (nSPS) is 22.4. The number of likely N-dealkylation sites (tertiary alicyclic amines) is 1. The monoisotopic (exact) mass is 400 g/mol. The maximum atomic E-state index is 12.8. The van der Waals surface area contributed by atoms with Gasteiger partial charge in [0.2, 0.25) is 0 Å². The summed E-state index contributed by atoms with van der Waals surface area (Å²) in [5, 5.41) is 7.28. The average molecular weight is 401 g/mol. The van der Waals surface area contributed by atoms with Crippen molar-refractivity contribution in [2.75, 3.05) is 25.1 Å². The zero-order chi connectivity index (χ0) is 19.2. The van der Waals surface area contributed by atoms with Crippen LogP contribution in [0.4, 0.5) is 10.5 Å². The summed E-state index contributed by atoms with van der Waals surface area (Å²) in [5.41, 5.74) is 3.12.